The zero-order chi connectivity index (χ0) is 12.6. The van der Waals surface area contributed by atoms with Gasteiger partial charge in [0.2, 0.25) is 0 Å². The fraction of sp³-hybridized carbons (Fsp3) is 0.923. The monoisotopic (exact) mass is 229 g/mol. The highest BCUT2D eigenvalue weighted by Crippen LogP contribution is 2.18. The average Bonchev–Trinajstić information content (AvgIpc) is 2.19. The molecule has 16 heavy (non-hydrogen) atoms. The van der Waals surface area contributed by atoms with Gasteiger partial charge in [0, 0.05) is 6.54 Å². The van der Waals surface area contributed by atoms with Gasteiger partial charge in [-0.25, -0.2) is 0 Å². The highest BCUT2D eigenvalue weighted by Gasteiger charge is 2.22. The van der Waals surface area contributed by atoms with Crippen LogP contribution in [0.4, 0.5) is 0 Å². The van der Waals surface area contributed by atoms with E-state index in [1.165, 1.54) is 0 Å². The molecule has 3 nitrogen and oxygen atoms in total. The second kappa shape index (κ2) is 8.57. The van der Waals surface area contributed by atoms with Gasteiger partial charge in [0.1, 0.15) is 0 Å². The van der Waals surface area contributed by atoms with E-state index in [9.17, 15) is 4.79 Å². The number of rotatable bonds is 8. The Balaban J connectivity index is 3.83. The van der Waals surface area contributed by atoms with Gasteiger partial charge in [-0.15, -0.1) is 0 Å². The highest BCUT2D eigenvalue weighted by atomic mass is 16.5. The van der Waals surface area contributed by atoms with Crippen LogP contribution >= 0.6 is 0 Å². The molecule has 0 N–H and O–H groups in total. The lowest BCUT2D eigenvalue weighted by molar-refractivity contribution is -0.150. The number of ether oxygens (including phenoxy) is 1. The minimum absolute atomic E-state index is 0.0180. The third-order valence-corrected chi connectivity index (χ3v) is 2.70. The molecule has 0 fully saturated rings. The first-order chi connectivity index (χ1) is 7.49. The van der Waals surface area contributed by atoms with Crippen LogP contribution in [0.25, 0.3) is 0 Å². The minimum Gasteiger partial charge on any atom is -0.465 e. The van der Waals surface area contributed by atoms with E-state index in [0.29, 0.717) is 12.5 Å². The van der Waals surface area contributed by atoms with E-state index in [-0.39, 0.29) is 11.9 Å². The number of carbonyl (C=O) groups is 1. The van der Waals surface area contributed by atoms with Crippen molar-refractivity contribution < 1.29 is 9.53 Å². The molecule has 0 spiro atoms. The van der Waals surface area contributed by atoms with Crippen LogP contribution < -0.4 is 0 Å². The van der Waals surface area contributed by atoms with Crippen LogP contribution in [0.5, 0.6) is 0 Å². The van der Waals surface area contributed by atoms with Crippen LogP contribution in [0, 0.1) is 11.8 Å². The number of hydrogen-bond acceptors (Lipinski definition) is 3. The lowest BCUT2D eigenvalue weighted by Crippen LogP contribution is -2.24. The molecule has 1 unspecified atom stereocenters. The first-order valence-corrected chi connectivity index (χ1v) is 6.30. The summed E-state index contributed by atoms with van der Waals surface area (Å²) in [7, 11) is 4.05. The van der Waals surface area contributed by atoms with Gasteiger partial charge < -0.3 is 9.64 Å². The molecule has 0 amide bonds. The van der Waals surface area contributed by atoms with Gasteiger partial charge >= 0.3 is 5.97 Å². The van der Waals surface area contributed by atoms with Gasteiger partial charge in [0.15, 0.2) is 0 Å². The van der Waals surface area contributed by atoms with Crippen molar-refractivity contribution in [2.45, 2.75) is 40.0 Å². The third kappa shape index (κ3) is 6.83. The molecule has 0 aromatic heterocycles. The summed E-state index contributed by atoms with van der Waals surface area (Å²) < 4.78 is 5.30. The smallest absolute Gasteiger partial charge is 0.309 e. The zero-order valence-electron chi connectivity index (χ0n) is 11.5. The number of carbonyl (C=O) groups excluding carboxylic acids is 1. The molecule has 0 aromatic carbocycles. The van der Waals surface area contributed by atoms with Crippen LogP contribution in [0.2, 0.25) is 0 Å². The Morgan fingerprint density at radius 2 is 1.94 bits per heavy atom. The molecule has 0 aromatic rings. The molecule has 3 heteroatoms. The standard InChI is InChI=1S/C13H27NO2/c1-6-8-12(11(2)3)13(15)16-10-7-9-14(4)5/h11-12H,6-10H2,1-5H3. The van der Waals surface area contributed by atoms with Crippen LogP contribution in [0.15, 0.2) is 0 Å². The van der Waals surface area contributed by atoms with Gasteiger partial charge in [-0.05, 0) is 32.9 Å². The summed E-state index contributed by atoms with van der Waals surface area (Å²) in [5, 5.41) is 0. The van der Waals surface area contributed by atoms with Gasteiger partial charge in [-0.2, -0.15) is 0 Å². The van der Waals surface area contributed by atoms with E-state index in [1.807, 2.05) is 14.1 Å². The summed E-state index contributed by atoms with van der Waals surface area (Å²) in [6, 6.07) is 0. The maximum atomic E-state index is 11.8. The minimum atomic E-state index is -0.0180. The Morgan fingerprint density at radius 1 is 1.31 bits per heavy atom. The summed E-state index contributed by atoms with van der Waals surface area (Å²) in [5.41, 5.74) is 0. The molecule has 0 rings (SSSR count). The quantitative estimate of drug-likeness (QED) is 0.473. The largest absolute Gasteiger partial charge is 0.465 e. The van der Waals surface area contributed by atoms with Crippen molar-refractivity contribution in [2.24, 2.45) is 11.8 Å². The summed E-state index contributed by atoms with van der Waals surface area (Å²) >= 11 is 0. The maximum absolute atomic E-state index is 11.8. The van der Waals surface area contributed by atoms with Crippen molar-refractivity contribution in [3.05, 3.63) is 0 Å². The molecule has 96 valence electrons. The van der Waals surface area contributed by atoms with Crippen LogP contribution in [-0.4, -0.2) is 38.1 Å². The van der Waals surface area contributed by atoms with E-state index in [2.05, 4.69) is 25.7 Å². The Kier molecular flexibility index (Phi) is 8.26. The van der Waals surface area contributed by atoms with Crippen molar-refractivity contribution in [2.75, 3.05) is 27.2 Å². The molecule has 0 aliphatic heterocycles. The van der Waals surface area contributed by atoms with Crippen LogP contribution in [-0.2, 0) is 9.53 Å². The predicted molar refractivity (Wildman–Crippen MR) is 67.4 cm³/mol. The summed E-state index contributed by atoms with van der Waals surface area (Å²) in [4.78, 5) is 13.9. The molecule has 0 bridgehead atoms. The number of hydrogen-bond donors (Lipinski definition) is 0. The molecule has 0 saturated carbocycles. The van der Waals surface area contributed by atoms with E-state index in [4.69, 9.17) is 4.74 Å². The lowest BCUT2D eigenvalue weighted by atomic mass is 9.92. The molecule has 0 radical (unpaired) electrons. The molecular formula is C13H27NO2. The fourth-order valence-electron chi connectivity index (χ4n) is 1.69. The normalized spacial score (nSPS) is 13.2. The van der Waals surface area contributed by atoms with E-state index >= 15 is 0 Å². The lowest BCUT2D eigenvalue weighted by Gasteiger charge is -2.19. The van der Waals surface area contributed by atoms with E-state index in [0.717, 1.165) is 25.8 Å². The Hall–Kier alpha value is -0.570. The second-order valence-electron chi connectivity index (χ2n) is 4.96. The van der Waals surface area contributed by atoms with E-state index in [1.54, 1.807) is 0 Å². The van der Waals surface area contributed by atoms with Crippen molar-refractivity contribution in [1.82, 2.24) is 4.90 Å². The maximum Gasteiger partial charge on any atom is 0.309 e. The van der Waals surface area contributed by atoms with Gasteiger partial charge in [-0.3, -0.25) is 4.79 Å². The molecule has 0 aliphatic rings. The molecular weight excluding hydrogens is 202 g/mol. The Labute approximate surface area is 100 Å². The van der Waals surface area contributed by atoms with E-state index < -0.39 is 0 Å². The average molecular weight is 229 g/mol. The topological polar surface area (TPSA) is 29.5 Å². The molecule has 0 aliphatic carbocycles. The number of esters is 1. The Morgan fingerprint density at radius 3 is 2.38 bits per heavy atom. The van der Waals surface area contributed by atoms with Gasteiger partial charge in [0.05, 0.1) is 12.5 Å². The van der Waals surface area contributed by atoms with Crippen LogP contribution in [0.1, 0.15) is 40.0 Å². The van der Waals surface area contributed by atoms with Crippen molar-refractivity contribution in [1.29, 1.82) is 0 Å². The summed E-state index contributed by atoms with van der Waals surface area (Å²) in [6.07, 6.45) is 2.88. The molecule has 0 heterocycles. The first kappa shape index (κ1) is 15.4. The van der Waals surface area contributed by atoms with Gasteiger partial charge in [0.25, 0.3) is 0 Å². The first-order valence-electron chi connectivity index (χ1n) is 6.30. The number of nitrogens with zero attached hydrogens (tertiary/aromatic N) is 1. The predicted octanol–water partition coefficient (Wildman–Crippen LogP) is 2.55. The van der Waals surface area contributed by atoms with Crippen LogP contribution in [0.3, 0.4) is 0 Å². The van der Waals surface area contributed by atoms with Crippen molar-refractivity contribution in [3.8, 4) is 0 Å². The third-order valence-electron chi connectivity index (χ3n) is 2.70. The van der Waals surface area contributed by atoms with Crippen molar-refractivity contribution in [3.63, 3.8) is 0 Å². The fourth-order valence-corrected chi connectivity index (χ4v) is 1.69. The summed E-state index contributed by atoms with van der Waals surface area (Å²) in [6.45, 7) is 7.79. The summed E-state index contributed by atoms with van der Waals surface area (Å²) in [5.74, 6) is 0.432. The highest BCUT2D eigenvalue weighted by molar-refractivity contribution is 5.72. The zero-order valence-corrected chi connectivity index (χ0v) is 11.5. The molecule has 1 atom stereocenters. The Bertz CT molecular complexity index is 190. The molecule has 0 saturated heterocycles. The van der Waals surface area contributed by atoms with Gasteiger partial charge in [-0.1, -0.05) is 27.2 Å². The van der Waals surface area contributed by atoms with Crippen molar-refractivity contribution >= 4 is 5.97 Å². The SMILES string of the molecule is CCCC(C(=O)OCCCN(C)C)C(C)C. The second-order valence-corrected chi connectivity index (χ2v) is 4.96.